The van der Waals surface area contributed by atoms with Crippen LogP contribution in [-0.4, -0.2) is 28.9 Å². The molecule has 0 aliphatic carbocycles. The second-order valence-corrected chi connectivity index (χ2v) is 5.23. The molecule has 1 aliphatic rings. The Hall–Kier alpha value is -0.610. The van der Waals surface area contributed by atoms with Gasteiger partial charge in [-0.05, 0) is 5.56 Å². The predicted octanol–water partition coefficient (Wildman–Crippen LogP) is 2.64. The van der Waals surface area contributed by atoms with Crippen LogP contribution in [0.25, 0.3) is 0 Å². The predicted molar refractivity (Wildman–Crippen MR) is 69.9 cm³/mol. The lowest BCUT2D eigenvalue weighted by atomic mass is 10.1. The summed E-state index contributed by atoms with van der Waals surface area (Å²) < 4.78 is 0. The third kappa shape index (κ3) is 2.69. The first kappa shape index (κ1) is 10.9. The molecule has 1 atom stereocenters. The SMILES string of the molecule is N=C1SCCN1CC(S)c1ccccc1. The monoisotopic (exact) mass is 238 g/mol. The highest BCUT2D eigenvalue weighted by molar-refractivity contribution is 8.14. The van der Waals surface area contributed by atoms with E-state index in [9.17, 15) is 0 Å². The van der Waals surface area contributed by atoms with E-state index in [2.05, 4.69) is 29.7 Å². The maximum Gasteiger partial charge on any atom is 0.156 e. The maximum atomic E-state index is 7.72. The van der Waals surface area contributed by atoms with Crippen LogP contribution in [0.5, 0.6) is 0 Å². The fourth-order valence-electron chi connectivity index (χ4n) is 1.61. The Morgan fingerprint density at radius 2 is 2.13 bits per heavy atom. The van der Waals surface area contributed by atoms with Gasteiger partial charge in [-0.3, -0.25) is 5.41 Å². The van der Waals surface area contributed by atoms with Gasteiger partial charge in [0.05, 0.1) is 0 Å². The third-order valence-electron chi connectivity index (χ3n) is 2.46. The van der Waals surface area contributed by atoms with E-state index in [4.69, 9.17) is 5.41 Å². The van der Waals surface area contributed by atoms with Crippen LogP contribution in [0.15, 0.2) is 30.3 Å². The summed E-state index contributed by atoms with van der Waals surface area (Å²) in [6, 6.07) is 10.2. The highest BCUT2D eigenvalue weighted by Crippen LogP contribution is 2.24. The van der Waals surface area contributed by atoms with Crippen molar-refractivity contribution < 1.29 is 0 Å². The molecule has 2 nitrogen and oxygen atoms in total. The number of thiol groups is 1. The van der Waals surface area contributed by atoms with Gasteiger partial charge in [0, 0.05) is 24.1 Å². The molecule has 1 N–H and O–H groups in total. The van der Waals surface area contributed by atoms with Crippen molar-refractivity contribution in [3.63, 3.8) is 0 Å². The molecular weight excluding hydrogens is 224 g/mol. The number of nitrogens with zero attached hydrogens (tertiary/aromatic N) is 1. The summed E-state index contributed by atoms with van der Waals surface area (Å²) >= 11 is 6.21. The van der Waals surface area contributed by atoms with Crippen molar-refractivity contribution >= 4 is 29.6 Å². The summed E-state index contributed by atoms with van der Waals surface area (Å²) in [4.78, 5) is 2.09. The van der Waals surface area contributed by atoms with Gasteiger partial charge in [0.2, 0.25) is 0 Å². The van der Waals surface area contributed by atoms with Crippen LogP contribution in [0.2, 0.25) is 0 Å². The summed E-state index contributed by atoms with van der Waals surface area (Å²) in [6.07, 6.45) is 0. The first-order valence-corrected chi connectivity index (χ1v) is 6.47. The van der Waals surface area contributed by atoms with Gasteiger partial charge in [-0.25, -0.2) is 0 Å². The molecule has 80 valence electrons. The number of hydrogen-bond acceptors (Lipinski definition) is 3. The number of nitrogens with one attached hydrogen (secondary N) is 1. The lowest BCUT2D eigenvalue weighted by molar-refractivity contribution is 0.460. The molecule has 1 unspecified atom stereocenters. The maximum absolute atomic E-state index is 7.72. The van der Waals surface area contributed by atoms with Crippen molar-refractivity contribution in [1.29, 1.82) is 5.41 Å². The molecule has 1 aromatic rings. The number of benzene rings is 1. The molecule has 1 aromatic carbocycles. The van der Waals surface area contributed by atoms with E-state index >= 15 is 0 Å². The molecule has 1 fully saturated rings. The van der Waals surface area contributed by atoms with E-state index in [1.165, 1.54) is 5.56 Å². The van der Waals surface area contributed by atoms with Crippen molar-refractivity contribution in [3.05, 3.63) is 35.9 Å². The zero-order chi connectivity index (χ0) is 10.7. The lowest BCUT2D eigenvalue weighted by Gasteiger charge is -2.21. The first-order chi connectivity index (χ1) is 7.27. The molecule has 2 rings (SSSR count). The minimum absolute atomic E-state index is 0.199. The number of hydrogen-bond donors (Lipinski definition) is 2. The number of thioether (sulfide) groups is 1. The fourth-order valence-corrected chi connectivity index (χ4v) is 2.83. The van der Waals surface area contributed by atoms with Crippen molar-refractivity contribution in [2.24, 2.45) is 0 Å². The van der Waals surface area contributed by atoms with E-state index in [1.807, 2.05) is 18.2 Å². The highest BCUT2D eigenvalue weighted by atomic mass is 32.2. The molecule has 0 amide bonds. The molecule has 1 saturated heterocycles. The minimum atomic E-state index is 0.199. The van der Waals surface area contributed by atoms with Crippen molar-refractivity contribution in [2.45, 2.75) is 5.25 Å². The average molecular weight is 238 g/mol. The summed E-state index contributed by atoms with van der Waals surface area (Å²) in [5, 5.41) is 8.60. The number of rotatable bonds is 3. The van der Waals surface area contributed by atoms with Gasteiger partial charge >= 0.3 is 0 Å². The topological polar surface area (TPSA) is 27.1 Å². The van der Waals surface area contributed by atoms with E-state index < -0.39 is 0 Å². The van der Waals surface area contributed by atoms with Gasteiger partial charge in [-0.15, -0.1) is 0 Å². The molecule has 0 saturated carbocycles. The Kier molecular flexibility index (Phi) is 3.59. The molecule has 1 aliphatic heterocycles. The second-order valence-electron chi connectivity index (χ2n) is 3.53. The molecule has 15 heavy (non-hydrogen) atoms. The van der Waals surface area contributed by atoms with Gasteiger partial charge in [0.15, 0.2) is 5.17 Å². The fraction of sp³-hybridized carbons (Fsp3) is 0.364. The van der Waals surface area contributed by atoms with Crippen LogP contribution in [0.1, 0.15) is 10.8 Å². The first-order valence-electron chi connectivity index (χ1n) is 4.96. The van der Waals surface area contributed by atoms with Crippen LogP contribution >= 0.6 is 24.4 Å². The van der Waals surface area contributed by atoms with Crippen LogP contribution in [0.3, 0.4) is 0 Å². The van der Waals surface area contributed by atoms with E-state index in [-0.39, 0.29) is 5.25 Å². The molecule has 4 heteroatoms. The summed E-state index contributed by atoms with van der Waals surface area (Å²) in [6.45, 7) is 1.81. The Labute approximate surface area is 100.0 Å². The highest BCUT2D eigenvalue weighted by Gasteiger charge is 2.20. The minimum Gasteiger partial charge on any atom is -0.349 e. The standard InChI is InChI=1S/C11H14N2S2/c12-11-13(6-7-15-11)8-10(14)9-4-2-1-3-5-9/h1-5,10,12,14H,6-8H2. The molecule has 0 bridgehead atoms. The van der Waals surface area contributed by atoms with Gasteiger partial charge in [0.25, 0.3) is 0 Å². The molecule has 1 heterocycles. The van der Waals surface area contributed by atoms with Crippen molar-refractivity contribution in [3.8, 4) is 0 Å². The van der Waals surface area contributed by atoms with E-state index in [0.29, 0.717) is 5.17 Å². The Morgan fingerprint density at radius 3 is 2.73 bits per heavy atom. The molecule has 0 spiro atoms. The Morgan fingerprint density at radius 1 is 1.40 bits per heavy atom. The van der Waals surface area contributed by atoms with E-state index in [1.54, 1.807) is 11.8 Å². The molecule has 0 radical (unpaired) electrons. The zero-order valence-electron chi connectivity index (χ0n) is 8.39. The number of amidine groups is 1. The average Bonchev–Trinajstić information content (AvgIpc) is 2.66. The Bertz CT molecular complexity index is 340. The van der Waals surface area contributed by atoms with Crippen molar-refractivity contribution in [2.75, 3.05) is 18.8 Å². The van der Waals surface area contributed by atoms with Crippen LogP contribution < -0.4 is 0 Å². The van der Waals surface area contributed by atoms with Crippen LogP contribution in [-0.2, 0) is 0 Å². The smallest absolute Gasteiger partial charge is 0.156 e. The van der Waals surface area contributed by atoms with Gasteiger partial charge in [-0.1, -0.05) is 42.1 Å². The van der Waals surface area contributed by atoms with Crippen LogP contribution in [0.4, 0.5) is 0 Å². The van der Waals surface area contributed by atoms with E-state index in [0.717, 1.165) is 18.8 Å². The zero-order valence-corrected chi connectivity index (χ0v) is 10.1. The van der Waals surface area contributed by atoms with Crippen molar-refractivity contribution in [1.82, 2.24) is 4.90 Å². The summed E-state index contributed by atoms with van der Waals surface area (Å²) in [5.74, 6) is 1.04. The van der Waals surface area contributed by atoms with Crippen LogP contribution in [0, 0.1) is 5.41 Å². The van der Waals surface area contributed by atoms with Gasteiger partial charge in [-0.2, -0.15) is 12.6 Å². The largest absolute Gasteiger partial charge is 0.349 e. The second kappa shape index (κ2) is 4.94. The Balaban J connectivity index is 1.98. The third-order valence-corrected chi connectivity index (χ3v) is 3.84. The molecule has 0 aromatic heterocycles. The normalized spacial score (nSPS) is 18.2. The molecular formula is C11H14N2S2. The quantitative estimate of drug-likeness (QED) is 0.792. The lowest BCUT2D eigenvalue weighted by Crippen LogP contribution is -2.27. The van der Waals surface area contributed by atoms with Gasteiger partial charge in [0.1, 0.15) is 0 Å². The van der Waals surface area contributed by atoms with Gasteiger partial charge < -0.3 is 4.90 Å². The summed E-state index contributed by atoms with van der Waals surface area (Å²) in [5.41, 5.74) is 1.23. The summed E-state index contributed by atoms with van der Waals surface area (Å²) in [7, 11) is 0.